The van der Waals surface area contributed by atoms with Crippen LogP contribution in [0.2, 0.25) is 0 Å². The lowest BCUT2D eigenvalue weighted by Crippen LogP contribution is -2.03. The third-order valence-corrected chi connectivity index (χ3v) is 9.56. The van der Waals surface area contributed by atoms with Gasteiger partial charge in [0.25, 0.3) is 0 Å². The van der Waals surface area contributed by atoms with Crippen LogP contribution in [0, 0.1) is 17.9 Å². The maximum absolute atomic E-state index is 9.56. The second-order valence-electron chi connectivity index (χ2n) is 10.6. The van der Waals surface area contributed by atoms with Gasteiger partial charge in [0.1, 0.15) is 11.6 Å². The van der Waals surface area contributed by atoms with E-state index in [9.17, 15) is 5.26 Å². The zero-order chi connectivity index (χ0) is 28.7. The molecule has 0 aliphatic heterocycles. The zero-order valence-corrected chi connectivity index (χ0v) is 23.4. The normalized spacial score (nSPS) is 11.7. The second-order valence-corrected chi connectivity index (χ2v) is 11.7. The molecular weight excluding hydrogens is 547 g/mol. The summed E-state index contributed by atoms with van der Waals surface area (Å²) in [6, 6.07) is 41.5. The highest BCUT2D eigenvalue weighted by atomic mass is 32.1. The van der Waals surface area contributed by atoms with Crippen molar-refractivity contribution in [2.75, 3.05) is 0 Å². The molecule has 9 aromatic rings. The maximum Gasteiger partial charge on any atom is 0.204 e. The largest absolute Gasteiger partial charge is 0.294 e. The number of aromatic nitrogens is 3. The Balaban J connectivity index is 1.34. The summed E-state index contributed by atoms with van der Waals surface area (Å²) in [4.78, 5) is 9.06. The summed E-state index contributed by atoms with van der Waals surface area (Å²) in [6.07, 6.45) is 0. The predicted octanol–water partition coefficient (Wildman–Crippen LogP) is 10.1. The minimum Gasteiger partial charge on any atom is -0.294 e. The molecule has 5 nitrogen and oxygen atoms in total. The molecule has 0 amide bonds. The van der Waals surface area contributed by atoms with E-state index < -0.39 is 0 Å². The molecule has 0 bridgehead atoms. The monoisotopic (exact) mass is 565 g/mol. The van der Waals surface area contributed by atoms with Crippen LogP contribution in [0.25, 0.3) is 80.3 Å². The molecule has 0 aliphatic carbocycles. The molecule has 198 valence electrons. The molecule has 0 N–H and O–H groups in total. The average Bonchev–Trinajstić information content (AvgIpc) is 3.70. The molecule has 4 aromatic heterocycles. The van der Waals surface area contributed by atoms with Crippen LogP contribution in [-0.2, 0) is 0 Å². The van der Waals surface area contributed by atoms with Crippen LogP contribution in [0.5, 0.6) is 0 Å². The third kappa shape index (κ3) is 3.27. The number of hydrogen-bond donors (Lipinski definition) is 0. The number of para-hydroxylation sites is 2. The Labute approximate surface area is 249 Å². The van der Waals surface area contributed by atoms with Crippen LogP contribution in [0.3, 0.4) is 0 Å². The summed E-state index contributed by atoms with van der Waals surface area (Å²) in [7, 11) is 0. The number of thiophene rings is 1. The lowest BCUT2D eigenvalue weighted by Gasteiger charge is -2.11. The third-order valence-electron chi connectivity index (χ3n) is 8.37. The Morgan fingerprint density at radius 3 is 1.95 bits per heavy atom. The lowest BCUT2D eigenvalue weighted by molar-refractivity contribution is 1.01. The van der Waals surface area contributed by atoms with E-state index in [0.29, 0.717) is 11.3 Å². The van der Waals surface area contributed by atoms with Crippen molar-refractivity contribution >= 4 is 80.8 Å². The van der Waals surface area contributed by atoms with Crippen LogP contribution < -0.4 is 0 Å². The highest BCUT2D eigenvalue weighted by molar-refractivity contribution is 7.26. The first-order valence-corrected chi connectivity index (χ1v) is 14.7. The highest BCUT2D eigenvalue weighted by Gasteiger charge is 2.18. The fraction of sp³-hybridized carbons (Fsp3) is 0. The van der Waals surface area contributed by atoms with Gasteiger partial charge in [0, 0.05) is 30.9 Å². The molecule has 0 spiro atoms. The molecule has 0 atom stereocenters. The van der Waals surface area contributed by atoms with E-state index >= 15 is 0 Å². The number of hydrogen-bond acceptors (Lipinski definition) is 3. The van der Waals surface area contributed by atoms with Gasteiger partial charge in [-0.2, -0.15) is 5.26 Å². The van der Waals surface area contributed by atoms with E-state index in [1.807, 2.05) is 48.5 Å². The molecule has 0 saturated carbocycles. The summed E-state index contributed by atoms with van der Waals surface area (Å²) in [5.41, 5.74) is 5.55. The van der Waals surface area contributed by atoms with Crippen molar-refractivity contribution in [2.24, 2.45) is 0 Å². The number of nitrogens with zero attached hydrogens (tertiary/aromatic N) is 5. The molecule has 0 radical (unpaired) electrons. The summed E-state index contributed by atoms with van der Waals surface area (Å²) >= 11 is 1.67. The molecule has 9 rings (SSSR count). The van der Waals surface area contributed by atoms with E-state index in [-0.39, 0.29) is 0 Å². The van der Waals surface area contributed by atoms with E-state index in [0.717, 1.165) is 70.0 Å². The van der Waals surface area contributed by atoms with Gasteiger partial charge in [-0.3, -0.25) is 9.13 Å². The first-order chi connectivity index (χ1) is 21.2. The van der Waals surface area contributed by atoms with Crippen molar-refractivity contribution in [3.05, 3.63) is 132 Å². The highest BCUT2D eigenvalue weighted by Crippen LogP contribution is 2.43. The van der Waals surface area contributed by atoms with Crippen molar-refractivity contribution in [3.63, 3.8) is 0 Å². The maximum atomic E-state index is 9.56. The molecular formula is C37H19N5S. The summed E-state index contributed by atoms with van der Waals surface area (Å²) in [5.74, 6) is 1.63. The van der Waals surface area contributed by atoms with Gasteiger partial charge in [0.05, 0.1) is 40.3 Å². The van der Waals surface area contributed by atoms with Crippen LogP contribution in [0.1, 0.15) is 5.56 Å². The van der Waals surface area contributed by atoms with Gasteiger partial charge < -0.3 is 0 Å². The molecule has 0 unspecified atom stereocenters. The first kappa shape index (κ1) is 23.7. The topological polar surface area (TPSA) is 50.9 Å². The molecule has 0 fully saturated rings. The van der Waals surface area contributed by atoms with E-state index in [2.05, 4.69) is 86.8 Å². The molecule has 0 saturated heterocycles. The number of rotatable bonds is 2. The minimum atomic E-state index is 0.637. The van der Waals surface area contributed by atoms with Gasteiger partial charge in [-0.05, 0) is 65.4 Å². The number of nitriles is 1. The van der Waals surface area contributed by atoms with E-state index in [1.165, 1.54) is 5.39 Å². The number of benzene rings is 5. The van der Waals surface area contributed by atoms with Crippen molar-refractivity contribution in [2.45, 2.75) is 0 Å². The van der Waals surface area contributed by atoms with Crippen molar-refractivity contribution < 1.29 is 0 Å². The standard InChI is InChI=1S/C37H19N5S/c1-39-29-11-6-10-25-28-19-27-24-9-3-5-13-31(24)42(33(27)20-34(28)43-37(25)29)36-15-7-14-35(40-36)41-30-12-4-2-8-23(30)26-18-22(21-38)16-17-32(26)41/h2-20H. The molecule has 6 heteroatoms. The van der Waals surface area contributed by atoms with Crippen LogP contribution in [0.15, 0.2) is 115 Å². The number of pyridine rings is 1. The van der Waals surface area contributed by atoms with Crippen LogP contribution in [-0.4, -0.2) is 14.1 Å². The van der Waals surface area contributed by atoms with Gasteiger partial charge in [-0.1, -0.05) is 60.7 Å². The van der Waals surface area contributed by atoms with Gasteiger partial charge >= 0.3 is 0 Å². The zero-order valence-electron chi connectivity index (χ0n) is 22.6. The average molecular weight is 566 g/mol. The van der Waals surface area contributed by atoms with E-state index in [1.54, 1.807) is 11.3 Å². The molecule has 0 aliphatic rings. The molecule has 4 heterocycles. The Bertz CT molecular complexity index is 2710. The van der Waals surface area contributed by atoms with Gasteiger partial charge in [-0.25, -0.2) is 9.83 Å². The summed E-state index contributed by atoms with van der Waals surface area (Å²) in [5, 5.41) is 16.3. The van der Waals surface area contributed by atoms with Crippen molar-refractivity contribution in [3.8, 4) is 17.7 Å². The van der Waals surface area contributed by atoms with Crippen LogP contribution >= 0.6 is 11.3 Å². The first-order valence-electron chi connectivity index (χ1n) is 13.9. The van der Waals surface area contributed by atoms with Gasteiger partial charge in [0.2, 0.25) is 5.69 Å². The van der Waals surface area contributed by atoms with Crippen molar-refractivity contribution in [1.82, 2.24) is 14.1 Å². The van der Waals surface area contributed by atoms with Crippen molar-refractivity contribution in [1.29, 1.82) is 5.26 Å². The Morgan fingerprint density at radius 1 is 0.605 bits per heavy atom. The molecule has 5 aromatic carbocycles. The fourth-order valence-electron chi connectivity index (χ4n) is 6.53. The number of fused-ring (bicyclic) bond motifs is 9. The smallest absolute Gasteiger partial charge is 0.204 e. The Morgan fingerprint density at radius 2 is 1.23 bits per heavy atom. The SMILES string of the molecule is [C-]#[N+]c1cccc2c1sc1cc3c(cc12)c1ccccc1n3-c1cccc(-n2c3ccccc3c3cc(C#N)ccc32)n1. The quantitative estimate of drug-likeness (QED) is 0.196. The fourth-order valence-corrected chi connectivity index (χ4v) is 7.71. The molecule has 43 heavy (non-hydrogen) atoms. The second kappa shape index (κ2) is 8.77. The summed E-state index contributed by atoms with van der Waals surface area (Å²) in [6.45, 7) is 7.67. The summed E-state index contributed by atoms with van der Waals surface area (Å²) < 4.78 is 6.60. The van der Waals surface area contributed by atoms with Gasteiger partial charge in [-0.15, -0.1) is 11.3 Å². The van der Waals surface area contributed by atoms with Gasteiger partial charge in [0.15, 0.2) is 0 Å². The Hall–Kier alpha value is -5.95. The minimum absolute atomic E-state index is 0.637. The Kier molecular flexibility index (Phi) is 4.84. The lowest BCUT2D eigenvalue weighted by atomic mass is 10.1. The van der Waals surface area contributed by atoms with Crippen LogP contribution in [0.4, 0.5) is 5.69 Å². The predicted molar refractivity (Wildman–Crippen MR) is 177 cm³/mol. The van der Waals surface area contributed by atoms with E-state index in [4.69, 9.17) is 11.6 Å².